The highest BCUT2D eigenvalue weighted by Gasteiger charge is 1.96. The minimum Gasteiger partial charge on any atom is -0.483 e. The van der Waals surface area contributed by atoms with Gasteiger partial charge in [-0.15, -0.1) is 0 Å². The molecule has 0 fully saturated rings. The summed E-state index contributed by atoms with van der Waals surface area (Å²) in [7, 11) is 0. The van der Waals surface area contributed by atoms with Gasteiger partial charge < -0.3 is 4.74 Å². The Labute approximate surface area is 103 Å². The number of ether oxygens (including phenoxy) is 1. The molecule has 0 N–H and O–H groups in total. The molecular formula is C13H11IO. The predicted molar refractivity (Wildman–Crippen MR) is 71.4 cm³/mol. The topological polar surface area (TPSA) is 9.23 Å². The molecule has 15 heavy (non-hydrogen) atoms. The Kier molecular flexibility index (Phi) is 3.61. The van der Waals surface area contributed by atoms with Crippen molar-refractivity contribution in [2.24, 2.45) is 0 Å². The van der Waals surface area contributed by atoms with Crippen molar-refractivity contribution in [3.05, 3.63) is 54.6 Å². The number of halogens is 1. The zero-order chi connectivity index (χ0) is 10.5. The van der Waals surface area contributed by atoms with E-state index in [0.29, 0.717) is 4.61 Å². The largest absolute Gasteiger partial charge is 0.483 e. The van der Waals surface area contributed by atoms with Gasteiger partial charge in [0.25, 0.3) is 0 Å². The van der Waals surface area contributed by atoms with Crippen LogP contribution in [0.25, 0.3) is 11.1 Å². The smallest absolute Gasteiger partial charge is 0.139 e. The summed E-state index contributed by atoms with van der Waals surface area (Å²) in [5, 5.41) is 0. The summed E-state index contributed by atoms with van der Waals surface area (Å²) in [6.07, 6.45) is 0. The highest BCUT2D eigenvalue weighted by Crippen LogP contribution is 2.22. The number of benzene rings is 2. The van der Waals surface area contributed by atoms with Crippen LogP contribution in [-0.4, -0.2) is 4.61 Å². The Morgan fingerprint density at radius 2 is 1.40 bits per heavy atom. The lowest BCUT2D eigenvalue weighted by atomic mass is 10.1. The van der Waals surface area contributed by atoms with Gasteiger partial charge in [0.1, 0.15) is 10.4 Å². The second-order valence-electron chi connectivity index (χ2n) is 3.14. The Hall–Kier alpha value is -1.03. The molecule has 0 unspecified atom stereocenters. The SMILES string of the molecule is ICOc1ccc(-c2ccccc2)cc1. The van der Waals surface area contributed by atoms with Crippen molar-refractivity contribution < 1.29 is 4.74 Å². The summed E-state index contributed by atoms with van der Waals surface area (Å²) in [5.74, 6) is 0.920. The summed E-state index contributed by atoms with van der Waals surface area (Å²) in [5.41, 5.74) is 2.45. The molecule has 0 saturated heterocycles. The van der Waals surface area contributed by atoms with E-state index in [9.17, 15) is 0 Å². The van der Waals surface area contributed by atoms with Crippen LogP contribution < -0.4 is 4.74 Å². The van der Waals surface area contributed by atoms with Gasteiger partial charge in [0, 0.05) is 0 Å². The minimum atomic E-state index is 0.683. The molecule has 0 atom stereocenters. The molecule has 0 amide bonds. The van der Waals surface area contributed by atoms with Crippen molar-refractivity contribution in [2.45, 2.75) is 0 Å². The Bertz CT molecular complexity index is 408. The molecule has 1 nitrogen and oxygen atoms in total. The lowest BCUT2D eigenvalue weighted by Crippen LogP contribution is -1.87. The molecule has 0 heterocycles. The minimum absolute atomic E-state index is 0.683. The summed E-state index contributed by atoms with van der Waals surface area (Å²) >= 11 is 2.19. The van der Waals surface area contributed by atoms with Gasteiger partial charge >= 0.3 is 0 Å². The van der Waals surface area contributed by atoms with Gasteiger partial charge in [-0.2, -0.15) is 0 Å². The summed E-state index contributed by atoms with van der Waals surface area (Å²) in [6.45, 7) is 0. The van der Waals surface area contributed by atoms with E-state index in [0.717, 1.165) is 5.75 Å². The maximum Gasteiger partial charge on any atom is 0.139 e. The fourth-order valence-corrected chi connectivity index (χ4v) is 1.80. The third-order valence-corrected chi connectivity index (χ3v) is 2.49. The molecular weight excluding hydrogens is 299 g/mol. The Balaban J connectivity index is 2.24. The third-order valence-electron chi connectivity index (χ3n) is 2.18. The first-order valence-corrected chi connectivity index (χ1v) is 6.27. The summed E-state index contributed by atoms with van der Waals surface area (Å²) in [4.78, 5) is 0. The Morgan fingerprint density at radius 1 is 0.800 bits per heavy atom. The molecule has 0 aliphatic rings. The molecule has 2 aromatic rings. The fourth-order valence-electron chi connectivity index (χ4n) is 1.44. The lowest BCUT2D eigenvalue weighted by molar-refractivity contribution is 0.404. The highest BCUT2D eigenvalue weighted by molar-refractivity contribution is 14.1. The average Bonchev–Trinajstić information content (AvgIpc) is 2.32. The van der Waals surface area contributed by atoms with E-state index in [1.807, 2.05) is 30.3 Å². The van der Waals surface area contributed by atoms with Crippen LogP contribution in [0, 0.1) is 0 Å². The van der Waals surface area contributed by atoms with Gasteiger partial charge in [-0.05, 0) is 45.9 Å². The van der Waals surface area contributed by atoms with Crippen LogP contribution in [0.15, 0.2) is 54.6 Å². The van der Waals surface area contributed by atoms with Crippen LogP contribution in [0.5, 0.6) is 5.75 Å². The summed E-state index contributed by atoms with van der Waals surface area (Å²) in [6, 6.07) is 18.5. The third kappa shape index (κ3) is 2.72. The van der Waals surface area contributed by atoms with Gasteiger partial charge in [-0.25, -0.2) is 0 Å². The molecule has 2 rings (SSSR count). The van der Waals surface area contributed by atoms with Gasteiger partial charge in [-0.1, -0.05) is 42.5 Å². The van der Waals surface area contributed by atoms with Gasteiger partial charge in [-0.3, -0.25) is 0 Å². The van der Waals surface area contributed by atoms with Crippen molar-refractivity contribution in [3.63, 3.8) is 0 Å². The van der Waals surface area contributed by atoms with E-state index in [1.165, 1.54) is 11.1 Å². The Morgan fingerprint density at radius 3 is 2.00 bits per heavy atom. The number of hydrogen-bond acceptors (Lipinski definition) is 1. The van der Waals surface area contributed by atoms with Crippen LogP contribution in [0.3, 0.4) is 0 Å². The first kappa shape index (κ1) is 10.5. The van der Waals surface area contributed by atoms with E-state index >= 15 is 0 Å². The van der Waals surface area contributed by atoms with Crippen molar-refractivity contribution in [3.8, 4) is 16.9 Å². The maximum atomic E-state index is 5.38. The molecule has 0 radical (unpaired) electrons. The zero-order valence-corrected chi connectivity index (χ0v) is 10.3. The van der Waals surface area contributed by atoms with E-state index in [2.05, 4.69) is 46.9 Å². The van der Waals surface area contributed by atoms with E-state index in [4.69, 9.17) is 4.74 Å². The average molecular weight is 310 g/mol. The molecule has 0 saturated carbocycles. The van der Waals surface area contributed by atoms with Crippen LogP contribution in [0.2, 0.25) is 0 Å². The van der Waals surface area contributed by atoms with E-state index < -0.39 is 0 Å². The highest BCUT2D eigenvalue weighted by atomic mass is 127. The van der Waals surface area contributed by atoms with Gasteiger partial charge in [0.15, 0.2) is 0 Å². The van der Waals surface area contributed by atoms with Crippen molar-refractivity contribution >= 4 is 22.6 Å². The second-order valence-corrected chi connectivity index (χ2v) is 3.77. The standard InChI is InChI=1S/C13H11IO/c14-10-15-13-8-6-12(7-9-13)11-4-2-1-3-5-11/h1-9H,10H2. The lowest BCUT2D eigenvalue weighted by Gasteiger charge is -2.04. The van der Waals surface area contributed by atoms with Crippen LogP contribution in [0.1, 0.15) is 0 Å². The molecule has 0 aromatic heterocycles. The van der Waals surface area contributed by atoms with E-state index in [1.54, 1.807) is 0 Å². The number of hydrogen-bond donors (Lipinski definition) is 0. The zero-order valence-electron chi connectivity index (χ0n) is 8.19. The van der Waals surface area contributed by atoms with Crippen LogP contribution >= 0.6 is 22.6 Å². The molecule has 0 aliphatic carbocycles. The van der Waals surface area contributed by atoms with Crippen LogP contribution in [0.4, 0.5) is 0 Å². The molecule has 2 aromatic carbocycles. The first-order valence-electron chi connectivity index (χ1n) is 4.74. The number of alkyl halides is 1. The van der Waals surface area contributed by atoms with Crippen molar-refractivity contribution in [2.75, 3.05) is 4.61 Å². The van der Waals surface area contributed by atoms with Gasteiger partial charge in [0.05, 0.1) is 0 Å². The maximum absolute atomic E-state index is 5.38. The molecule has 76 valence electrons. The number of rotatable bonds is 3. The monoisotopic (exact) mass is 310 g/mol. The predicted octanol–water partition coefficient (Wildman–Crippen LogP) is 4.12. The van der Waals surface area contributed by atoms with Gasteiger partial charge in [0.2, 0.25) is 0 Å². The normalized spacial score (nSPS) is 9.93. The van der Waals surface area contributed by atoms with Crippen molar-refractivity contribution in [1.82, 2.24) is 0 Å². The summed E-state index contributed by atoms with van der Waals surface area (Å²) < 4.78 is 6.07. The van der Waals surface area contributed by atoms with Crippen molar-refractivity contribution in [1.29, 1.82) is 0 Å². The molecule has 2 heteroatoms. The molecule has 0 bridgehead atoms. The van der Waals surface area contributed by atoms with Crippen LogP contribution in [-0.2, 0) is 0 Å². The molecule has 0 spiro atoms. The van der Waals surface area contributed by atoms with E-state index in [-0.39, 0.29) is 0 Å². The second kappa shape index (κ2) is 5.16. The first-order chi connectivity index (χ1) is 7.40. The molecule has 0 aliphatic heterocycles. The fraction of sp³-hybridized carbons (Fsp3) is 0.0769. The quantitative estimate of drug-likeness (QED) is 0.612.